The van der Waals surface area contributed by atoms with Gasteiger partial charge in [0.2, 0.25) is 0 Å². The van der Waals surface area contributed by atoms with Gasteiger partial charge in [0.1, 0.15) is 18.2 Å². The van der Waals surface area contributed by atoms with Crippen LogP contribution in [0.4, 0.5) is 4.39 Å². The van der Waals surface area contributed by atoms with Crippen LogP contribution >= 0.6 is 0 Å². The molecule has 1 aromatic rings. The standard InChI is InChI=1S/C15H22FN3O8/c1-6(2)8(17)13(24)26-5-15(16)10(22)9(21)12(27-15)19-3-7(4-20)11(23)18-14(19)25/h3,6,8-10,12,20-22H,4-5,17H2,1-2H3,(H,18,23,25)/t8-,9+,10-,12+,15+/m0/s1/i5D2. The lowest BCUT2D eigenvalue weighted by Crippen LogP contribution is -2.46. The highest BCUT2D eigenvalue weighted by Gasteiger charge is 2.57. The van der Waals surface area contributed by atoms with Crippen molar-refractivity contribution in [3.8, 4) is 0 Å². The van der Waals surface area contributed by atoms with E-state index >= 15 is 4.39 Å². The lowest BCUT2D eigenvalue weighted by Gasteiger charge is -2.24. The molecule has 152 valence electrons. The van der Waals surface area contributed by atoms with Crippen LogP contribution in [0.25, 0.3) is 0 Å². The summed E-state index contributed by atoms with van der Waals surface area (Å²) < 4.78 is 40.5. The summed E-state index contributed by atoms with van der Waals surface area (Å²) in [5, 5.41) is 29.3. The molecule has 5 atom stereocenters. The zero-order valence-electron chi connectivity index (χ0n) is 16.5. The van der Waals surface area contributed by atoms with Gasteiger partial charge < -0.3 is 30.5 Å². The summed E-state index contributed by atoms with van der Waals surface area (Å²) >= 11 is 0. The maximum atomic E-state index is 15.3. The molecule has 11 nitrogen and oxygen atoms in total. The van der Waals surface area contributed by atoms with E-state index in [4.69, 9.17) is 18.3 Å². The Morgan fingerprint density at radius 2 is 2.19 bits per heavy atom. The number of aromatic amines is 1. The summed E-state index contributed by atoms with van der Waals surface area (Å²) in [5.74, 6) is -5.59. The molecule has 0 radical (unpaired) electrons. The van der Waals surface area contributed by atoms with Gasteiger partial charge >= 0.3 is 11.7 Å². The van der Waals surface area contributed by atoms with Crippen LogP contribution in [0.3, 0.4) is 0 Å². The van der Waals surface area contributed by atoms with Crippen LogP contribution in [0, 0.1) is 5.92 Å². The molecule has 1 saturated heterocycles. The highest BCUT2D eigenvalue weighted by molar-refractivity contribution is 5.75. The highest BCUT2D eigenvalue weighted by Crippen LogP contribution is 2.38. The van der Waals surface area contributed by atoms with Crippen molar-refractivity contribution in [3.63, 3.8) is 0 Å². The maximum Gasteiger partial charge on any atom is 0.330 e. The summed E-state index contributed by atoms with van der Waals surface area (Å²) in [5.41, 5.74) is 3.06. The molecule has 0 saturated carbocycles. The SMILES string of the molecule is [2H]C([2H])(OC(=O)[C@@H](N)C(C)C)[C@@]1(F)O[C@@H](n2cc(CO)c(=O)[nH]c2=O)[C@H](O)[C@@H]1O. The number of carbonyl (C=O) groups excluding carboxylic acids is 1. The fraction of sp³-hybridized carbons (Fsp3) is 0.667. The number of aliphatic hydroxyl groups is 3. The first-order chi connectivity index (χ1) is 13.3. The van der Waals surface area contributed by atoms with Crippen molar-refractivity contribution < 1.29 is 36.7 Å². The topological polar surface area (TPSA) is 177 Å². The van der Waals surface area contributed by atoms with Gasteiger partial charge in [-0.05, 0) is 5.92 Å². The van der Waals surface area contributed by atoms with Gasteiger partial charge in [-0.1, -0.05) is 13.8 Å². The molecule has 12 heteroatoms. The van der Waals surface area contributed by atoms with Gasteiger partial charge in [-0.3, -0.25) is 19.1 Å². The zero-order chi connectivity index (χ0) is 22.3. The van der Waals surface area contributed by atoms with Crippen molar-refractivity contribution in [2.24, 2.45) is 11.7 Å². The van der Waals surface area contributed by atoms with Gasteiger partial charge in [-0.25, -0.2) is 9.18 Å². The number of nitrogens with two attached hydrogens (primary N) is 1. The summed E-state index contributed by atoms with van der Waals surface area (Å²) in [6.45, 7) is -1.35. The Kier molecular flexibility index (Phi) is 5.31. The molecule has 1 aliphatic rings. The predicted molar refractivity (Wildman–Crippen MR) is 87.0 cm³/mol. The fourth-order valence-electron chi connectivity index (χ4n) is 2.29. The third kappa shape index (κ3) is 4.09. The normalized spacial score (nSPS) is 30.7. The second kappa shape index (κ2) is 7.86. The van der Waals surface area contributed by atoms with Crippen LogP contribution in [-0.2, 0) is 20.9 Å². The number of nitrogens with one attached hydrogen (secondary N) is 1. The Morgan fingerprint density at radius 3 is 2.74 bits per heavy atom. The van der Waals surface area contributed by atoms with Crippen molar-refractivity contribution in [2.45, 2.75) is 50.8 Å². The number of esters is 1. The Hall–Kier alpha value is -2.12. The van der Waals surface area contributed by atoms with E-state index in [9.17, 15) is 24.6 Å². The smallest absolute Gasteiger partial charge is 0.330 e. The number of hydrogen-bond donors (Lipinski definition) is 5. The molecule has 2 heterocycles. The number of alkyl halides is 1. The summed E-state index contributed by atoms with van der Waals surface area (Å²) in [6, 6.07) is -1.30. The molecule has 6 N–H and O–H groups in total. The second-order valence-corrected chi connectivity index (χ2v) is 6.36. The third-order valence-electron chi connectivity index (χ3n) is 4.06. The van der Waals surface area contributed by atoms with Crippen molar-refractivity contribution in [1.82, 2.24) is 9.55 Å². The molecule has 0 spiro atoms. The number of carbonyl (C=O) groups is 1. The quantitative estimate of drug-likeness (QED) is 0.326. The Morgan fingerprint density at radius 1 is 1.56 bits per heavy atom. The molecule has 1 aromatic heterocycles. The number of H-pyrrole nitrogens is 1. The molecule has 0 aromatic carbocycles. The van der Waals surface area contributed by atoms with Crippen LogP contribution in [0.15, 0.2) is 15.8 Å². The number of hydrogen-bond acceptors (Lipinski definition) is 9. The predicted octanol–water partition coefficient (Wildman–Crippen LogP) is -2.53. The zero-order valence-corrected chi connectivity index (χ0v) is 14.5. The van der Waals surface area contributed by atoms with E-state index < -0.39 is 66.6 Å². The lowest BCUT2D eigenvalue weighted by atomic mass is 10.1. The van der Waals surface area contributed by atoms with Crippen molar-refractivity contribution in [2.75, 3.05) is 6.56 Å². The van der Waals surface area contributed by atoms with E-state index in [1.165, 1.54) is 13.8 Å². The molecule has 0 bridgehead atoms. The summed E-state index contributed by atoms with van der Waals surface area (Å²) in [7, 11) is 0. The van der Waals surface area contributed by atoms with E-state index in [1.54, 1.807) is 4.98 Å². The summed E-state index contributed by atoms with van der Waals surface area (Å²) in [4.78, 5) is 37.2. The molecular weight excluding hydrogens is 369 g/mol. The van der Waals surface area contributed by atoms with Crippen molar-refractivity contribution in [1.29, 1.82) is 0 Å². The molecule has 2 rings (SSSR count). The van der Waals surface area contributed by atoms with Crippen molar-refractivity contribution >= 4 is 5.97 Å². The number of aromatic nitrogens is 2. The Balaban J connectivity index is 2.40. The number of aliphatic hydroxyl groups excluding tert-OH is 3. The second-order valence-electron chi connectivity index (χ2n) is 6.36. The van der Waals surface area contributed by atoms with Crippen LogP contribution in [0.1, 0.15) is 28.4 Å². The van der Waals surface area contributed by atoms with Gasteiger partial charge in [0.15, 0.2) is 12.8 Å². The molecular formula is C15H22FN3O8. The molecule has 0 amide bonds. The molecule has 0 aliphatic carbocycles. The van der Waals surface area contributed by atoms with E-state index in [0.717, 1.165) is 6.20 Å². The fourth-order valence-corrected chi connectivity index (χ4v) is 2.29. The largest absolute Gasteiger partial charge is 0.458 e. The van der Waals surface area contributed by atoms with Crippen LogP contribution in [0.2, 0.25) is 0 Å². The first kappa shape index (κ1) is 18.3. The number of halogens is 1. The first-order valence-electron chi connectivity index (χ1n) is 8.93. The number of rotatable bonds is 6. The molecule has 1 aliphatic heterocycles. The number of nitrogens with zero attached hydrogens (tertiary/aromatic N) is 1. The Labute approximate surface area is 154 Å². The first-order valence-corrected chi connectivity index (χ1v) is 7.93. The van der Waals surface area contributed by atoms with Crippen LogP contribution in [0.5, 0.6) is 0 Å². The molecule has 1 fully saturated rings. The average Bonchev–Trinajstić information content (AvgIpc) is 2.86. The Bertz CT molecular complexity index is 891. The van der Waals surface area contributed by atoms with Crippen molar-refractivity contribution in [3.05, 3.63) is 32.6 Å². The molecule has 27 heavy (non-hydrogen) atoms. The summed E-state index contributed by atoms with van der Waals surface area (Å²) in [6.07, 6.45) is -6.06. The minimum absolute atomic E-state index is 0.344. The van der Waals surface area contributed by atoms with Crippen LogP contribution < -0.4 is 17.0 Å². The van der Waals surface area contributed by atoms with Gasteiger partial charge in [0.25, 0.3) is 11.4 Å². The van der Waals surface area contributed by atoms with Crippen LogP contribution in [-0.4, -0.2) is 61.5 Å². The monoisotopic (exact) mass is 393 g/mol. The van der Waals surface area contributed by atoms with E-state index in [2.05, 4.69) is 4.74 Å². The third-order valence-corrected chi connectivity index (χ3v) is 4.06. The van der Waals surface area contributed by atoms with Gasteiger partial charge in [-0.2, -0.15) is 0 Å². The number of ether oxygens (including phenoxy) is 2. The maximum absolute atomic E-state index is 15.3. The average molecular weight is 393 g/mol. The van der Waals surface area contributed by atoms with E-state index in [1.807, 2.05) is 0 Å². The van der Waals surface area contributed by atoms with Gasteiger partial charge in [-0.15, -0.1) is 0 Å². The minimum atomic E-state index is -3.79. The minimum Gasteiger partial charge on any atom is -0.458 e. The van der Waals surface area contributed by atoms with E-state index in [-0.39, 0.29) is 5.56 Å². The molecule has 0 unspecified atom stereocenters. The van der Waals surface area contributed by atoms with Gasteiger partial charge in [0.05, 0.1) is 14.9 Å². The van der Waals surface area contributed by atoms with Gasteiger partial charge in [0, 0.05) is 6.20 Å². The van der Waals surface area contributed by atoms with E-state index in [0.29, 0.717) is 4.57 Å². The lowest BCUT2D eigenvalue weighted by molar-refractivity contribution is -0.217. The highest BCUT2D eigenvalue weighted by atomic mass is 19.2.